The normalized spacial score (nSPS) is 18.1. The Hall–Kier alpha value is -2.24. The summed E-state index contributed by atoms with van der Waals surface area (Å²) in [5, 5.41) is 0.530. The van der Waals surface area contributed by atoms with E-state index in [4.69, 9.17) is 33.5 Å². The summed E-state index contributed by atoms with van der Waals surface area (Å²) in [5.74, 6) is 0.627. The van der Waals surface area contributed by atoms with E-state index in [1.54, 1.807) is 36.3 Å². The van der Waals surface area contributed by atoms with E-state index in [-0.39, 0.29) is 5.91 Å². The van der Waals surface area contributed by atoms with Gasteiger partial charge in [0.2, 0.25) is 0 Å². The standard InChI is InChI=1S/C21H19ClN2O2S/c1-26-17-9-7-14(8-10-17)18-20(27)24(21(23-18)11-2-3-12-21)19(25)15-5-4-6-16(22)13-15/h4-10,13H,2-3,11-12H2,1H3. The maximum atomic E-state index is 13.3. The number of thiocarbonyl (C=S) groups is 1. The molecule has 1 fully saturated rings. The number of rotatable bonds is 3. The van der Waals surface area contributed by atoms with Crippen LogP contribution in [0.25, 0.3) is 0 Å². The average Bonchev–Trinajstić information content (AvgIpc) is 3.26. The number of hydrogen-bond acceptors (Lipinski definition) is 4. The van der Waals surface area contributed by atoms with Crippen molar-refractivity contribution in [1.82, 2.24) is 4.90 Å². The molecule has 0 atom stereocenters. The minimum Gasteiger partial charge on any atom is -0.497 e. The molecule has 4 rings (SSSR count). The van der Waals surface area contributed by atoms with Crippen LogP contribution in [0.3, 0.4) is 0 Å². The van der Waals surface area contributed by atoms with Crippen LogP contribution in [-0.4, -0.2) is 34.3 Å². The van der Waals surface area contributed by atoms with Gasteiger partial charge in [0.05, 0.1) is 7.11 Å². The minimum atomic E-state index is -0.578. The van der Waals surface area contributed by atoms with Crippen LogP contribution < -0.4 is 4.74 Å². The lowest BCUT2D eigenvalue weighted by Gasteiger charge is -2.32. The first-order valence-electron chi connectivity index (χ1n) is 8.93. The van der Waals surface area contributed by atoms with Crippen LogP contribution in [0.2, 0.25) is 5.02 Å². The highest BCUT2D eigenvalue weighted by molar-refractivity contribution is 7.82. The van der Waals surface area contributed by atoms with Crippen LogP contribution in [0, 0.1) is 0 Å². The second-order valence-electron chi connectivity index (χ2n) is 6.83. The zero-order chi connectivity index (χ0) is 19.0. The molecule has 0 radical (unpaired) electrons. The molecule has 2 aliphatic rings. The molecule has 1 spiro atoms. The Morgan fingerprint density at radius 1 is 1.19 bits per heavy atom. The molecule has 4 nitrogen and oxygen atoms in total. The molecule has 2 aromatic rings. The van der Waals surface area contributed by atoms with Crippen molar-refractivity contribution in [2.75, 3.05) is 7.11 Å². The van der Waals surface area contributed by atoms with Crippen LogP contribution in [0.5, 0.6) is 5.75 Å². The molecule has 0 saturated heterocycles. The summed E-state index contributed by atoms with van der Waals surface area (Å²) in [4.78, 5) is 20.5. The molecule has 1 saturated carbocycles. The maximum Gasteiger partial charge on any atom is 0.261 e. The topological polar surface area (TPSA) is 41.9 Å². The van der Waals surface area contributed by atoms with E-state index in [2.05, 4.69) is 0 Å². The smallest absolute Gasteiger partial charge is 0.261 e. The molecule has 0 unspecified atom stereocenters. The molecular formula is C21H19ClN2O2S. The first-order valence-corrected chi connectivity index (χ1v) is 9.71. The van der Waals surface area contributed by atoms with E-state index in [1.165, 1.54) is 0 Å². The van der Waals surface area contributed by atoms with Gasteiger partial charge in [-0.15, -0.1) is 0 Å². The molecule has 27 heavy (non-hydrogen) atoms. The zero-order valence-corrected chi connectivity index (χ0v) is 16.5. The van der Waals surface area contributed by atoms with Gasteiger partial charge in [-0.2, -0.15) is 0 Å². The molecule has 0 aromatic heterocycles. The predicted molar refractivity (Wildman–Crippen MR) is 111 cm³/mol. The van der Waals surface area contributed by atoms with Gasteiger partial charge in [-0.3, -0.25) is 14.7 Å². The predicted octanol–water partition coefficient (Wildman–Crippen LogP) is 4.89. The summed E-state index contributed by atoms with van der Waals surface area (Å²) < 4.78 is 5.23. The van der Waals surface area contributed by atoms with E-state index in [0.29, 0.717) is 21.3 Å². The molecular weight excluding hydrogens is 380 g/mol. The third-order valence-corrected chi connectivity index (χ3v) is 5.80. The number of hydrogen-bond donors (Lipinski definition) is 0. The fourth-order valence-corrected chi connectivity index (χ4v) is 4.45. The fourth-order valence-electron chi connectivity index (χ4n) is 3.85. The van der Waals surface area contributed by atoms with Gasteiger partial charge in [0.25, 0.3) is 5.91 Å². The van der Waals surface area contributed by atoms with E-state index < -0.39 is 5.66 Å². The van der Waals surface area contributed by atoms with Gasteiger partial charge in [-0.1, -0.05) is 29.9 Å². The Balaban J connectivity index is 1.74. The van der Waals surface area contributed by atoms with Gasteiger partial charge < -0.3 is 4.74 Å². The molecule has 0 bridgehead atoms. The Labute approximate surface area is 168 Å². The van der Waals surface area contributed by atoms with Crippen molar-refractivity contribution in [3.05, 3.63) is 64.7 Å². The van der Waals surface area contributed by atoms with E-state index in [9.17, 15) is 4.79 Å². The first kappa shape index (κ1) is 18.1. The lowest BCUT2D eigenvalue weighted by molar-refractivity contribution is 0.0724. The van der Waals surface area contributed by atoms with Crippen molar-refractivity contribution in [3.8, 4) is 5.75 Å². The van der Waals surface area contributed by atoms with Crippen molar-refractivity contribution in [3.63, 3.8) is 0 Å². The number of methoxy groups -OCH3 is 1. The van der Waals surface area contributed by atoms with Crippen molar-refractivity contribution in [1.29, 1.82) is 0 Å². The zero-order valence-electron chi connectivity index (χ0n) is 14.9. The van der Waals surface area contributed by atoms with Crippen LogP contribution in [-0.2, 0) is 0 Å². The Bertz CT molecular complexity index is 933. The monoisotopic (exact) mass is 398 g/mol. The third-order valence-electron chi connectivity index (χ3n) is 5.18. The van der Waals surface area contributed by atoms with Gasteiger partial charge in [-0.05, 0) is 68.1 Å². The van der Waals surface area contributed by atoms with Crippen LogP contribution in [0.1, 0.15) is 41.6 Å². The highest BCUT2D eigenvalue weighted by atomic mass is 35.5. The van der Waals surface area contributed by atoms with Gasteiger partial charge in [0.15, 0.2) is 0 Å². The number of nitrogens with zero attached hydrogens (tertiary/aromatic N) is 2. The van der Waals surface area contributed by atoms with Crippen LogP contribution in [0.15, 0.2) is 53.5 Å². The van der Waals surface area contributed by atoms with Gasteiger partial charge in [0, 0.05) is 16.1 Å². The Morgan fingerprint density at radius 2 is 1.89 bits per heavy atom. The van der Waals surface area contributed by atoms with E-state index >= 15 is 0 Å². The second-order valence-corrected chi connectivity index (χ2v) is 7.66. The number of carbonyl (C=O) groups is 1. The summed E-state index contributed by atoms with van der Waals surface area (Å²) in [6.07, 6.45) is 3.70. The highest BCUT2D eigenvalue weighted by Crippen LogP contribution is 2.42. The summed E-state index contributed by atoms with van der Waals surface area (Å²) >= 11 is 11.8. The number of halogens is 1. The second kappa shape index (κ2) is 7.06. The molecule has 1 heterocycles. The van der Waals surface area contributed by atoms with Crippen molar-refractivity contribution >= 4 is 40.4 Å². The molecule has 1 amide bonds. The third kappa shape index (κ3) is 3.15. The van der Waals surface area contributed by atoms with Crippen LogP contribution >= 0.6 is 23.8 Å². The van der Waals surface area contributed by atoms with Crippen LogP contribution in [0.4, 0.5) is 0 Å². The number of amides is 1. The number of carbonyl (C=O) groups excluding carboxylic acids is 1. The molecule has 1 aliphatic carbocycles. The quantitative estimate of drug-likeness (QED) is 0.691. The Kier molecular flexibility index (Phi) is 4.74. The lowest BCUT2D eigenvalue weighted by atomic mass is 10.1. The van der Waals surface area contributed by atoms with Crippen molar-refractivity contribution in [2.24, 2.45) is 4.99 Å². The maximum absolute atomic E-state index is 13.3. The fraction of sp³-hybridized carbons (Fsp3) is 0.286. The average molecular weight is 399 g/mol. The molecule has 6 heteroatoms. The van der Waals surface area contributed by atoms with Gasteiger partial charge >= 0.3 is 0 Å². The summed E-state index contributed by atoms with van der Waals surface area (Å²) in [6.45, 7) is 0. The molecule has 0 N–H and O–H groups in total. The molecule has 1 aliphatic heterocycles. The number of aliphatic imine (C=N–C) groups is 1. The van der Waals surface area contributed by atoms with Gasteiger partial charge in [-0.25, -0.2) is 0 Å². The number of benzene rings is 2. The van der Waals surface area contributed by atoms with Crippen molar-refractivity contribution < 1.29 is 9.53 Å². The molecule has 2 aromatic carbocycles. The lowest BCUT2D eigenvalue weighted by Crippen LogP contribution is -2.48. The van der Waals surface area contributed by atoms with E-state index in [0.717, 1.165) is 37.0 Å². The summed E-state index contributed by atoms with van der Waals surface area (Å²) in [7, 11) is 1.63. The summed E-state index contributed by atoms with van der Waals surface area (Å²) in [5.41, 5.74) is 1.55. The molecule has 138 valence electrons. The largest absolute Gasteiger partial charge is 0.497 e. The van der Waals surface area contributed by atoms with Gasteiger partial charge in [0.1, 0.15) is 22.1 Å². The highest BCUT2D eigenvalue weighted by Gasteiger charge is 2.50. The summed E-state index contributed by atoms with van der Waals surface area (Å²) in [6, 6.07) is 14.6. The number of ether oxygens (including phenoxy) is 1. The van der Waals surface area contributed by atoms with E-state index in [1.807, 2.05) is 24.3 Å². The Morgan fingerprint density at radius 3 is 2.52 bits per heavy atom. The minimum absolute atomic E-state index is 0.142. The first-order chi connectivity index (χ1) is 13.0. The SMILES string of the molecule is COc1ccc(C2=NC3(CCCC3)N(C(=O)c3cccc(Cl)c3)C2=S)cc1. The van der Waals surface area contributed by atoms with Crippen molar-refractivity contribution in [2.45, 2.75) is 31.3 Å².